The molecule has 10 N–H and O–H groups in total. The molecule has 4 aromatic rings. The summed E-state index contributed by atoms with van der Waals surface area (Å²) in [5.41, 5.74) is 11.0. The second-order valence-corrected chi connectivity index (χ2v) is 12.9. The van der Waals surface area contributed by atoms with E-state index < -0.39 is 83.5 Å². The van der Waals surface area contributed by atoms with Gasteiger partial charge in [-0.3, -0.25) is 32.5 Å². The maximum absolute atomic E-state index is 13.2. The SMILES string of the molecule is COC1C(OP(=O)(O)OC[C@H]2O[C@@H](n3cnc4c(=O)[nH]c(N)nc43)C(O)C2O)[C@@H](COP(=O)(O)O)O[C@H]1n1cnc2c(N)ncnc21. The van der Waals surface area contributed by atoms with E-state index in [1.54, 1.807) is 0 Å². The minimum Gasteiger partial charge on any atom is -0.387 e. The molecule has 0 aromatic carbocycles. The number of aliphatic hydroxyl groups excluding tert-OH is 2. The van der Waals surface area contributed by atoms with Crippen LogP contribution >= 0.6 is 15.6 Å². The van der Waals surface area contributed by atoms with Crippen LogP contribution in [0.4, 0.5) is 11.8 Å². The van der Waals surface area contributed by atoms with Crippen molar-refractivity contribution in [2.24, 2.45) is 0 Å². The van der Waals surface area contributed by atoms with E-state index in [1.165, 1.54) is 18.0 Å². The van der Waals surface area contributed by atoms with Gasteiger partial charge in [0.1, 0.15) is 48.5 Å². The van der Waals surface area contributed by atoms with Gasteiger partial charge in [-0.1, -0.05) is 0 Å². The number of nitrogen functional groups attached to an aromatic ring is 2. The van der Waals surface area contributed by atoms with E-state index in [0.29, 0.717) is 0 Å². The highest BCUT2D eigenvalue weighted by atomic mass is 31.2. The summed E-state index contributed by atoms with van der Waals surface area (Å²) >= 11 is 0. The molecule has 26 heteroatoms. The highest BCUT2D eigenvalue weighted by Crippen LogP contribution is 2.50. The van der Waals surface area contributed by atoms with Gasteiger partial charge in [-0.25, -0.2) is 29.1 Å². The fourth-order valence-corrected chi connectivity index (χ4v) is 6.55. The summed E-state index contributed by atoms with van der Waals surface area (Å²) < 4.78 is 59.3. The molecule has 2 fully saturated rings. The molecular formula is C21H28N10O14P2. The Bertz CT molecular complexity index is 1930. The van der Waals surface area contributed by atoms with Crippen LogP contribution in [0.3, 0.4) is 0 Å². The molecule has 4 aromatic heterocycles. The maximum atomic E-state index is 13.2. The van der Waals surface area contributed by atoms with Crippen LogP contribution in [0, 0.1) is 0 Å². The number of H-pyrrole nitrogens is 1. The van der Waals surface area contributed by atoms with E-state index in [-0.39, 0.29) is 34.1 Å². The molecule has 0 amide bonds. The predicted molar refractivity (Wildman–Crippen MR) is 152 cm³/mol. The Morgan fingerprint density at radius 1 is 0.894 bits per heavy atom. The summed E-state index contributed by atoms with van der Waals surface area (Å²) in [6.07, 6.45) is -7.99. The normalized spacial score (nSPS) is 29.6. The molecule has 9 atom stereocenters. The maximum Gasteiger partial charge on any atom is 0.472 e. The van der Waals surface area contributed by atoms with Crippen LogP contribution < -0.4 is 17.0 Å². The van der Waals surface area contributed by atoms with Crippen molar-refractivity contribution in [1.82, 2.24) is 39.0 Å². The van der Waals surface area contributed by atoms with Crippen molar-refractivity contribution in [1.29, 1.82) is 0 Å². The second kappa shape index (κ2) is 12.5. The number of nitrogens with one attached hydrogen (secondary N) is 1. The number of hydrogen-bond donors (Lipinski definition) is 8. The summed E-state index contributed by atoms with van der Waals surface area (Å²) in [5, 5.41) is 21.3. The quantitative estimate of drug-likeness (QED) is 0.0733. The number of phosphoric ester groups is 2. The zero-order chi connectivity index (χ0) is 33.8. The lowest BCUT2D eigenvalue weighted by atomic mass is 10.1. The molecule has 6 rings (SSSR count). The van der Waals surface area contributed by atoms with E-state index in [1.807, 2.05) is 0 Å². The van der Waals surface area contributed by atoms with Gasteiger partial charge < -0.3 is 50.6 Å². The number of ether oxygens (including phenoxy) is 3. The number of phosphoric acid groups is 2. The van der Waals surface area contributed by atoms with Crippen LogP contribution in [-0.2, 0) is 36.9 Å². The topological polar surface area (TPSA) is 350 Å². The van der Waals surface area contributed by atoms with E-state index in [0.717, 1.165) is 17.2 Å². The average Bonchev–Trinajstić information content (AvgIpc) is 3.75. The Balaban J connectivity index is 1.20. The number of nitrogens with two attached hydrogens (primary N) is 2. The molecule has 0 bridgehead atoms. The first-order valence-corrected chi connectivity index (χ1v) is 16.4. The number of methoxy groups -OCH3 is 1. The predicted octanol–water partition coefficient (Wildman–Crippen LogP) is -2.73. The van der Waals surface area contributed by atoms with Crippen LogP contribution in [0.5, 0.6) is 0 Å². The van der Waals surface area contributed by atoms with Gasteiger partial charge in [0.2, 0.25) is 5.95 Å². The van der Waals surface area contributed by atoms with Gasteiger partial charge in [-0.15, -0.1) is 0 Å². The molecule has 256 valence electrons. The molecular weight excluding hydrogens is 678 g/mol. The number of aromatic amines is 1. The van der Waals surface area contributed by atoms with Crippen LogP contribution in [0.25, 0.3) is 22.3 Å². The Kier molecular flexibility index (Phi) is 8.90. The molecule has 5 unspecified atom stereocenters. The molecule has 24 nitrogen and oxygen atoms in total. The Morgan fingerprint density at radius 2 is 1.55 bits per heavy atom. The fourth-order valence-electron chi connectivity index (χ4n) is 5.25. The van der Waals surface area contributed by atoms with Gasteiger partial charge in [-0.2, -0.15) is 4.98 Å². The molecule has 0 aliphatic carbocycles. The van der Waals surface area contributed by atoms with Crippen molar-refractivity contribution < 1.29 is 61.8 Å². The Labute approximate surface area is 261 Å². The van der Waals surface area contributed by atoms with Gasteiger partial charge in [0.25, 0.3) is 5.56 Å². The minimum absolute atomic E-state index is 0.0436. The Morgan fingerprint density at radius 3 is 2.26 bits per heavy atom. The van der Waals surface area contributed by atoms with Crippen molar-refractivity contribution >= 4 is 49.7 Å². The standard InChI is InChI=1S/C21H28N10O14P2/c1-40-14-13(8(3-41-46(35,36)37)44-20(14)30-5-26-9-15(22)24-4-25-16(9)30)45-47(38,39)42-2-7-11(32)12(33)19(43-7)31-6-27-10-17(31)28-21(23)29-18(10)34/h4-8,11-14,19-20,32-33H,2-3H2,1H3,(H,38,39)(H2,22,24,25)(H2,35,36,37)(H3,23,28,29,34)/t7-,8-,11?,12?,13?,14?,19-,20-/m1/s1. The first kappa shape index (κ1) is 33.4. The molecule has 2 aliphatic heterocycles. The van der Waals surface area contributed by atoms with E-state index in [2.05, 4.69) is 34.4 Å². The van der Waals surface area contributed by atoms with Gasteiger partial charge in [0, 0.05) is 7.11 Å². The van der Waals surface area contributed by atoms with Gasteiger partial charge in [0.05, 0.1) is 25.9 Å². The number of fused-ring (bicyclic) bond motifs is 2. The number of hydrogen-bond acceptors (Lipinski definition) is 18. The van der Waals surface area contributed by atoms with Gasteiger partial charge in [-0.05, 0) is 0 Å². The third-order valence-corrected chi connectivity index (χ3v) is 8.82. The summed E-state index contributed by atoms with van der Waals surface area (Å²) in [7, 11) is -8.95. The van der Waals surface area contributed by atoms with Gasteiger partial charge in [0.15, 0.2) is 35.1 Å². The molecule has 47 heavy (non-hydrogen) atoms. The number of nitrogens with zero attached hydrogens (tertiary/aromatic N) is 7. The van der Waals surface area contributed by atoms with Crippen molar-refractivity contribution in [3.05, 3.63) is 29.3 Å². The number of aromatic nitrogens is 8. The first-order valence-electron chi connectivity index (χ1n) is 13.4. The third-order valence-electron chi connectivity index (χ3n) is 7.34. The molecule has 0 saturated carbocycles. The summed E-state index contributed by atoms with van der Waals surface area (Å²) in [5.74, 6) is -0.201. The third kappa shape index (κ3) is 6.51. The van der Waals surface area contributed by atoms with E-state index in [9.17, 15) is 38.8 Å². The Hall–Kier alpha value is -3.48. The highest BCUT2D eigenvalue weighted by Gasteiger charge is 2.52. The van der Waals surface area contributed by atoms with Crippen LogP contribution in [0.2, 0.25) is 0 Å². The van der Waals surface area contributed by atoms with Crippen LogP contribution in [0.15, 0.2) is 23.8 Å². The second-order valence-electron chi connectivity index (χ2n) is 10.3. The van der Waals surface area contributed by atoms with Crippen molar-refractivity contribution in [2.75, 3.05) is 31.8 Å². The van der Waals surface area contributed by atoms with E-state index in [4.69, 9.17) is 34.7 Å². The molecule has 0 radical (unpaired) electrons. The lowest BCUT2D eigenvalue weighted by Gasteiger charge is -2.26. The first-order chi connectivity index (χ1) is 22.2. The zero-order valence-electron chi connectivity index (χ0n) is 23.9. The minimum atomic E-state index is -5.13. The van der Waals surface area contributed by atoms with Crippen LogP contribution in [0.1, 0.15) is 12.5 Å². The smallest absolute Gasteiger partial charge is 0.387 e. The number of rotatable bonds is 11. The van der Waals surface area contributed by atoms with Crippen molar-refractivity contribution in [2.45, 2.75) is 49.1 Å². The number of anilines is 2. The number of imidazole rings is 2. The summed E-state index contributed by atoms with van der Waals surface area (Å²) in [4.78, 5) is 63.6. The lowest BCUT2D eigenvalue weighted by molar-refractivity contribution is -0.0582. The molecule has 6 heterocycles. The highest BCUT2D eigenvalue weighted by molar-refractivity contribution is 7.47. The largest absolute Gasteiger partial charge is 0.472 e. The van der Waals surface area contributed by atoms with Crippen molar-refractivity contribution in [3.8, 4) is 0 Å². The van der Waals surface area contributed by atoms with Crippen molar-refractivity contribution in [3.63, 3.8) is 0 Å². The number of aliphatic hydroxyl groups is 2. The average molecular weight is 706 g/mol. The monoisotopic (exact) mass is 706 g/mol. The molecule has 2 saturated heterocycles. The molecule has 0 spiro atoms. The van der Waals surface area contributed by atoms with E-state index >= 15 is 0 Å². The zero-order valence-corrected chi connectivity index (χ0v) is 25.6. The molecule has 2 aliphatic rings. The summed E-state index contributed by atoms with van der Waals surface area (Å²) in [6, 6.07) is 0. The fraction of sp³-hybridized carbons (Fsp3) is 0.524. The van der Waals surface area contributed by atoms with Gasteiger partial charge >= 0.3 is 15.6 Å². The summed E-state index contributed by atoms with van der Waals surface area (Å²) in [6.45, 7) is -1.64. The van der Waals surface area contributed by atoms with Crippen LogP contribution in [-0.4, -0.2) is 121 Å². The lowest BCUT2D eigenvalue weighted by Crippen LogP contribution is -2.38.